The Labute approximate surface area is 136 Å². The molecular formula is C20H20N2O. The van der Waals surface area contributed by atoms with Crippen molar-refractivity contribution in [2.24, 2.45) is 0 Å². The molecule has 1 heterocycles. The molecule has 0 aliphatic heterocycles. The number of para-hydroxylation sites is 1. The van der Waals surface area contributed by atoms with Crippen LogP contribution in [0.4, 0.5) is 5.69 Å². The molecular weight excluding hydrogens is 284 g/mol. The summed E-state index contributed by atoms with van der Waals surface area (Å²) in [5.74, 6) is 0.866. The average Bonchev–Trinajstić information content (AvgIpc) is 2.59. The van der Waals surface area contributed by atoms with E-state index in [0.717, 1.165) is 33.5 Å². The second-order valence-corrected chi connectivity index (χ2v) is 5.57. The highest BCUT2D eigenvalue weighted by atomic mass is 16.5. The third kappa shape index (κ3) is 3.19. The molecule has 116 valence electrons. The lowest BCUT2D eigenvalue weighted by molar-refractivity contribution is 0.414. The van der Waals surface area contributed by atoms with Crippen LogP contribution >= 0.6 is 0 Å². The van der Waals surface area contributed by atoms with Gasteiger partial charge in [0.15, 0.2) is 0 Å². The summed E-state index contributed by atoms with van der Waals surface area (Å²) in [4.78, 5) is 6.46. The maximum Gasteiger partial charge on any atom is 0.128 e. The molecule has 0 spiro atoms. The number of hydrogen-bond acceptors (Lipinski definition) is 3. The Hall–Kier alpha value is -2.81. The predicted molar refractivity (Wildman–Crippen MR) is 98.0 cm³/mol. The van der Waals surface area contributed by atoms with Crippen molar-refractivity contribution in [3.63, 3.8) is 0 Å². The number of anilines is 1. The van der Waals surface area contributed by atoms with Crippen molar-refractivity contribution < 1.29 is 4.74 Å². The van der Waals surface area contributed by atoms with Crippen LogP contribution < -0.4 is 9.64 Å². The van der Waals surface area contributed by atoms with E-state index in [2.05, 4.69) is 40.2 Å². The Morgan fingerprint density at radius 3 is 2.52 bits per heavy atom. The SMILES string of the molecule is COc1cc(N(C)C)ccc1/C=C/c1ccnc2ccccc12. The van der Waals surface area contributed by atoms with Gasteiger partial charge in [0.05, 0.1) is 12.6 Å². The lowest BCUT2D eigenvalue weighted by Gasteiger charge is -2.14. The molecule has 3 heteroatoms. The Bertz CT molecular complexity index is 848. The highest BCUT2D eigenvalue weighted by Crippen LogP contribution is 2.27. The summed E-state index contributed by atoms with van der Waals surface area (Å²) < 4.78 is 5.52. The van der Waals surface area contributed by atoms with E-state index in [4.69, 9.17) is 4.74 Å². The van der Waals surface area contributed by atoms with Crippen molar-refractivity contribution in [1.29, 1.82) is 0 Å². The molecule has 0 fully saturated rings. The van der Waals surface area contributed by atoms with Crippen LogP contribution in [-0.4, -0.2) is 26.2 Å². The van der Waals surface area contributed by atoms with E-state index in [9.17, 15) is 0 Å². The first-order chi connectivity index (χ1) is 11.2. The third-order valence-corrected chi connectivity index (χ3v) is 3.86. The van der Waals surface area contributed by atoms with Gasteiger partial charge in [0.1, 0.15) is 5.75 Å². The lowest BCUT2D eigenvalue weighted by atomic mass is 10.1. The number of pyridine rings is 1. The molecule has 0 unspecified atom stereocenters. The molecule has 23 heavy (non-hydrogen) atoms. The summed E-state index contributed by atoms with van der Waals surface area (Å²) in [6, 6.07) is 16.4. The van der Waals surface area contributed by atoms with Crippen molar-refractivity contribution >= 4 is 28.7 Å². The maximum atomic E-state index is 5.52. The minimum absolute atomic E-state index is 0.866. The van der Waals surface area contributed by atoms with Crippen molar-refractivity contribution in [2.75, 3.05) is 26.1 Å². The van der Waals surface area contributed by atoms with Gasteiger partial charge in [0, 0.05) is 43.0 Å². The van der Waals surface area contributed by atoms with Gasteiger partial charge in [0.2, 0.25) is 0 Å². The normalized spacial score (nSPS) is 11.1. The molecule has 0 N–H and O–H groups in total. The fourth-order valence-corrected chi connectivity index (χ4v) is 2.56. The quantitative estimate of drug-likeness (QED) is 0.710. The standard InChI is InChI=1S/C20H20N2O/c1-22(2)17-11-10-16(20(14-17)23-3)9-8-15-12-13-21-19-7-5-4-6-18(15)19/h4-14H,1-3H3/b9-8+. The van der Waals surface area contributed by atoms with Gasteiger partial charge in [-0.2, -0.15) is 0 Å². The minimum Gasteiger partial charge on any atom is -0.496 e. The van der Waals surface area contributed by atoms with Crippen LogP contribution in [0.25, 0.3) is 23.1 Å². The summed E-state index contributed by atoms with van der Waals surface area (Å²) in [6.45, 7) is 0. The van der Waals surface area contributed by atoms with E-state index in [-0.39, 0.29) is 0 Å². The Morgan fingerprint density at radius 2 is 1.74 bits per heavy atom. The molecule has 0 saturated carbocycles. The minimum atomic E-state index is 0.866. The summed E-state index contributed by atoms with van der Waals surface area (Å²) in [5.41, 5.74) is 4.33. The number of aromatic nitrogens is 1. The first-order valence-corrected chi connectivity index (χ1v) is 7.56. The molecule has 3 aromatic rings. The third-order valence-electron chi connectivity index (χ3n) is 3.86. The summed E-state index contributed by atoms with van der Waals surface area (Å²) in [7, 11) is 5.74. The maximum absolute atomic E-state index is 5.52. The van der Waals surface area contributed by atoms with Crippen LogP contribution in [0, 0.1) is 0 Å². The average molecular weight is 304 g/mol. The van der Waals surface area contributed by atoms with Crippen molar-refractivity contribution in [2.45, 2.75) is 0 Å². The molecule has 0 bridgehead atoms. The Kier molecular flexibility index (Phi) is 4.29. The zero-order valence-electron chi connectivity index (χ0n) is 13.7. The van der Waals surface area contributed by atoms with Gasteiger partial charge in [-0.3, -0.25) is 4.98 Å². The first kappa shape index (κ1) is 15.1. The first-order valence-electron chi connectivity index (χ1n) is 7.56. The van der Waals surface area contributed by atoms with Crippen LogP contribution in [0.1, 0.15) is 11.1 Å². The van der Waals surface area contributed by atoms with Gasteiger partial charge < -0.3 is 9.64 Å². The zero-order chi connectivity index (χ0) is 16.2. The summed E-state index contributed by atoms with van der Waals surface area (Å²) in [6.07, 6.45) is 6.03. The highest BCUT2D eigenvalue weighted by Gasteiger charge is 2.04. The summed E-state index contributed by atoms with van der Waals surface area (Å²) >= 11 is 0. The van der Waals surface area contributed by atoms with Crippen molar-refractivity contribution in [1.82, 2.24) is 4.98 Å². The molecule has 2 aromatic carbocycles. The number of nitrogens with zero attached hydrogens (tertiary/aromatic N) is 2. The predicted octanol–water partition coefficient (Wildman–Crippen LogP) is 4.48. The molecule has 0 radical (unpaired) electrons. The summed E-state index contributed by atoms with van der Waals surface area (Å²) in [5, 5.41) is 1.15. The van der Waals surface area contributed by atoms with Crippen molar-refractivity contribution in [3.05, 3.63) is 65.9 Å². The largest absolute Gasteiger partial charge is 0.496 e. The fourth-order valence-electron chi connectivity index (χ4n) is 2.56. The topological polar surface area (TPSA) is 25.4 Å². The molecule has 0 atom stereocenters. The number of methoxy groups -OCH3 is 1. The van der Waals surface area contributed by atoms with E-state index < -0.39 is 0 Å². The Balaban J connectivity index is 1.99. The van der Waals surface area contributed by atoms with Crippen LogP contribution in [0.2, 0.25) is 0 Å². The molecule has 3 rings (SSSR count). The number of benzene rings is 2. The molecule has 0 saturated heterocycles. The smallest absolute Gasteiger partial charge is 0.128 e. The molecule has 3 nitrogen and oxygen atoms in total. The van der Waals surface area contributed by atoms with Crippen LogP contribution in [0.15, 0.2) is 54.7 Å². The van der Waals surface area contributed by atoms with E-state index in [1.165, 1.54) is 0 Å². The van der Waals surface area contributed by atoms with E-state index in [1.807, 2.05) is 50.6 Å². The zero-order valence-corrected chi connectivity index (χ0v) is 13.7. The van der Waals surface area contributed by atoms with Gasteiger partial charge in [-0.15, -0.1) is 0 Å². The van der Waals surface area contributed by atoms with Gasteiger partial charge in [-0.05, 0) is 29.8 Å². The van der Waals surface area contributed by atoms with Gasteiger partial charge in [0.25, 0.3) is 0 Å². The van der Waals surface area contributed by atoms with Gasteiger partial charge >= 0.3 is 0 Å². The molecule has 0 aliphatic carbocycles. The highest BCUT2D eigenvalue weighted by molar-refractivity contribution is 5.90. The van der Waals surface area contributed by atoms with Crippen LogP contribution in [0.3, 0.4) is 0 Å². The van der Waals surface area contributed by atoms with E-state index >= 15 is 0 Å². The molecule has 1 aromatic heterocycles. The van der Waals surface area contributed by atoms with Crippen molar-refractivity contribution in [3.8, 4) is 5.75 Å². The molecule has 0 aliphatic rings. The second-order valence-electron chi connectivity index (χ2n) is 5.57. The number of rotatable bonds is 4. The van der Waals surface area contributed by atoms with E-state index in [1.54, 1.807) is 7.11 Å². The number of hydrogen-bond donors (Lipinski definition) is 0. The van der Waals surface area contributed by atoms with E-state index in [0.29, 0.717) is 0 Å². The fraction of sp³-hybridized carbons (Fsp3) is 0.150. The number of fused-ring (bicyclic) bond motifs is 1. The van der Waals surface area contributed by atoms with Gasteiger partial charge in [-0.25, -0.2) is 0 Å². The molecule has 0 amide bonds. The van der Waals surface area contributed by atoms with Crippen LogP contribution in [0.5, 0.6) is 5.75 Å². The Morgan fingerprint density at radius 1 is 0.957 bits per heavy atom. The van der Waals surface area contributed by atoms with Crippen LogP contribution in [-0.2, 0) is 0 Å². The lowest BCUT2D eigenvalue weighted by Crippen LogP contribution is -2.08. The number of ether oxygens (including phenoxy) is 1. The van der Waals surface area contributed by atoms with Gasteiger partial charge in [-0.1, -0.05) is 30.4 Å². The second kappa shape index (κ2) is 6.53. The monoisotopic (exact) mass is 304 g/mol.